The standard InChI is InChI=1S/C27H33F3N4O3S/c1-2-19-5-3-4-6-24(19)32-13-15-33(16-14-32)26(38)18-37-22-10-7-20(8-11-22)31-21-9-12-25(34(35)36)23(17-21)27(28,29)30/h3-6,9,12,17,20,22,31H,2,7-8,10-11,13-16,18H2,1H3/t20-,22-. The van der Waals surface area contributed by atoms with Gasteiger partial charge in [0.05, 0.1) is 17.6 Å². The van der Waals surface area contributed by atoms with Crippen molar-refractivity contribution in [3.8, 4) is 0 Å². The lowest BCUT2D eigenvalue weighted by molar-refractivity contribution is -0.388. The highest BCUT2D eigenvalue weighted by Gasteiger charge is 2.38. The lowest BCUT2D eigenvalue weighted by atomic mass is 9.92. The summed E-state index contributed by atoms with van der Waals surface area (Å²) >= 11 is 5.66. The van der Waals surface area contributed by atoms with Crippen LogP contribution < -0.4 is 10.2 Å². The van der Waals surface area contributed by atoms with Crippen molar-refractivity contribution in [1.29, 1.82) is 0 Å². The van der Waals surface area contributed by atoms with Gasteiger partial charge < -0.3 is 19.9 Å². The number of alkyl halides is 3. The van der Waals surface area contributed by atoms with Crippen LogP contribution in [0.2, 0.25) is 0 Å². The van der Waals surface area contributed by atoms with Crippen LogP contribution in [0.5, 0.6) is 0 Å². The van der Waals surface area contributed by atoms with Crippen molar-refractivity contribution in [3.05, 3.63) is 63.7 Å². The van der Waals surface area contributed by atoms with Gasteiger partial charge in [0.1, 0.15) is 10.6 Å². The quantitative estimate of drug-likeness (QED) is 0.243. The van der Waals surface area contributed by atoms with Crippen molar-refractivity contribution in [2.75, 3.05) is 43.0 Å². The summed E-state index contributed by atoms with van der Waals surface area (Å²) in [5, 5.41) is 14.1. The molecular weight excluding hydrogens is 517 g/mol. The van der Waals surface area contributed by atoms with Crippen LogP contribution in [-0.2, 0) is 17.3 Å². The van der Waals surface area contributed by atoms with E-state index in [1.807, 2.05) is 0 Å². The molecule has 2 aliphatic rings. The summed E-state index contributed by atoms with van der Waals surface area (Å²) in [5.74, 6) is 0. The SMILES string of the molecule is CCc1ccccc1N1CCN(C(=S)CO[C@H]2CC[C@H](Nc3ccc([N+](=O)[O-])c(C(F)(F)F)c3)CC2)CC1. The summed E-state index contributed by atoms with van der Waals surface area (Å²) in [5.41, 5.74) is 0.697. The number of halogens is 3. The fourth-order valence-corrected chi connectivity index (χ4v) is 5.47. The number of ether oxygens (including phenoxy) is 1. The van der Waals surface area contributed by atoms with Gasteiger partial charge in [-0.15, -0.1) is 0 Å². The molecule has 1 saturated heterocycles. The first-order chi connectivity index (χ1) is 18.2. The molecule has 2 aromatic rings. The lowest BCUT2D eigenvalue weighted by Gasteiger charge is -2.38. The average molecular weight is 551 g/mol. The van der Waals surface area contributed by atoms with E-state index in [1.54, 1.807) is 0 Å². The number of nitrogens with zero attached hydrogens (tertiary/aromatic N) is 3. The van der Waals surface area contributed by atoms with Crippen LogP contribution in [0.3, 0.4) is 0 Å². The van der Waals surface area contributed by atoms with Crippen molar-refractivity contribution in [2.24, 2.45) is 0 Å². The van der Waals surface area contributed by atoms with Crippen molar-refractivity contribution >= 4 is 34.3 Å². The molecule has 0 radical (unpaired) electrons. The first kappa shape index (κ1) is 28.1. The molecule has 2 fully saturated rings. The maximum atomic E-state index is 13.3. The van der Waals surface area contributed by atoms with Gasteiger partial charge in [-0.3, -0.25) is 10.1 Å². The van der Waals surface area contributed by atoms with E-state index < -0.39 is 22.4 Å². The minimum absolute atomic E-state index is 0.0246. The number of aryl methyl sites for hydroxylation is 1. The number of benzene rings is 2. The number of hydrogen-bond donors (Lipinski definition) is 1. The summed E-state index contributed by atoms with van der Waals surface area (Å²) in [6.45, 7) is 6.09. The van der Waals surface area contributed by atoms with Gasteiger partial charge in [0.15, 0.2) is 0 Å². The monoisotopic (exact) mass is 550 g/mol. The van der Waals surface area contributed by atoms with Crippen LogP contribution in [-0.4, -0.2) is 59.7 Å². The second-order valence-electron chi connectivity index (χ2n) is 9.77. The highest BCUT2D eigenvalue weighted by molar-refractivity contribution is 7.80. The normalized spacial score (nSPS) is 20.3. The first-order valence-electron chi connectivity index (χ1n) is 13.0. The fraction of sp³-hybridized carbons (Fsp3) is 0.519. The molecule has 0 bridgehead atoms. The maximum Gasteiger partial charge on any atom is 0.423 e. The molecule has 2 aromatic carbocycles. The first-order valence-corrected chi connectivity index (χ1v) is 13.4. The highest BCUT2D eigenvalue weighted by Crippen LogP contribution is 2.38. The zero-order chi connectivity index (χ0) is 27.3. The fourth-order valence-electron chi connectivity index (χ4n) is 5.22. The number of nitro benzene ring substituents is 1. The zero-order valence-electron chi connectivity index (χ0n) is 21.4. The molecule has 0 amide bonds. The van der Waals surface area contributed by atoms with Crippen LogP contribution in [0.1, 0.15) is 43.7 Å². The molecule has 1 aliphatic carbocycles. The van der Waals surface area contributed by atoms with Crippen molar-refractivity contribution in [2.45, 2.75) is 57.3 Å². The Morgan fingerprint density at radius 2 is 1.79 bits per heavy atom. The smallest absolute Gasteiger partial charge is 0.382 e. The van der Waals surface area contributed by atoms with Crippen molar-refractivity contribution < 1.29 is 22.8 Å². The molecule has 1 aliphatic heterocycles. The molecule has 7 nitrogen and oxygen atoms in total. The number of anilines is 2. The minimum Gasteiger partial charge on any atom is -0.382 e. The number of thiocarbonyl (C=S) groups is 1. The molecule has 38 heavy (non-hydrogen) atoms. The molecule has 0 unspecified atom stereocenters. The summed E-state index contributed by atoms with van der Waals surface area (Å²) in [6.07, 6.45) is -0.760. The van der Waals surface area contributed by atoms with Crippen LogP contribution in [0.15, 0.2) is 42.5 Å². The number of para-hydroxylation sites is 1. The Morgan fingerprint density at radius 3 is 2.42 bits per heavy atom. The predicted octanol–water partition coefficient (Wildman–Crippen LogP) is 6.07. The molecule has 0 atom stereocenters. The van der Waals surface area contributed by atoms with E-state index in [1.165, 1.54) is 17.3 Å². The van der Waals surface area contributed by atoms with E-state index in [9.17, 15) is 23.3 Å². The Kier molecular flexibility index (Phi) is 9.09. The van der Waals surface area contributed by atoms with E-state index in [4.69, 9.17) is 17.0 Å². The van der Waals surface area contributed by atoms with E-state index in [0.717, 1.165) is 75.4 Å². The Labute approximate surface area is 226 Å². The third-order valence-corrected chi connectivity index (χ3v) is 7.71. The van der Waals surface area contributed by atoms with Gasteiger partial charge >= 0.3 is 6.18 Å². The molecule has 1 saturated carbocycles. The molecule has 4 rings (SSSR count). The lowest BCUT2D eigenvalue weighted by Crippen LogP contribution is -2.49. The van der Waals surface area contributed by atoms with E-state index in [-0.39, 0.29) is 17.8 Å². The van der Waals surface area contributed by atoms with Crippen molar-refractivity contribution in [3.63, 3.8) is 0 Å². The van der Waals surface area contributed by atoms with Crippen LogP contribution in [0.4, 0.5) is 30.2 Å². The summed E-state index contributed by atoms with van der Waals surface area (Å²) in [4.78, 5) is 15.4. The Bertz CT molecular complexity index is 1130. The Balaban J connectivity index is 1.21. The molecule has 1 heterocycles. The molecule has 206 valence electrons. The predicted molar refractivity (Wildman–Crippen MR) is 146 cm³/mol. The Hall–Kier alpha value is -2.92. The Morgan fingerprint density at radius 1 is 1.11 bits per heavy atom. The van der Waals surface area contributed by atoms with Gasteiger partial charge in [-0.2, -0.15) is 13.2 Å². The number of hydrogen-bond acceptors (Lipinski definition) is 6. The van der Waals surface area contributed by atoms with Crippen LogP contribution in [0, 0.1) is 10.1 Å². The number of rotatable bonds is 8. The van der Waals surface area contributed by atoms with E-state index in [0.29, 0.717) is 6.61 Å². The molecule has 11 heteroatoms. The average Bonchev–Trinajstić information content (AvgIpc) is 2.92. The van der Waals surface area contributed by atoms with E-state index >= 15 is 0 Å². The number of piperazine rings is 1. The molecule has 0 aromatic heterocycles. The largest absolute Gasteiger partial charge is 0.423 e. The summed E-state index contributed by atoms with van der Waals surface area (Å²) in [7, 11) is 0. The highest BCUT2D eigenvalue weighted by atomic mass is 32.1. The zero-order valence-corrected chi connectivity index (χ0v) is 22.2. The molecule has 0 spiro atoms. The number of nitro groups is 1. The second kappa shape index (κ2) is 12.3. The minimum atomic E-state index is -4.79. The van der Waals surface area contributed by atoms with Gasteiger partial charge in [0, 0.05) is 49.7 Å². The van der Waals surface area contributed by atoms with Crippen LogP contribution in [0.25, 0.3) is 0 Å². The van der Waals surface area contributed by atoms with Crippen molar-refractivity contribution in [1.82, 2.24) is 4.90 Å². The van der Waals surface area contributed by atoms with E-state index in [2.05, 4.69) is 46.3 Å². The van der Waals surface area contributed by atoms with Crippen LogP contribution >= 0.6 is 12.2 Å². The second-order valence-corrected chi connectivity index (χ2v) is 10.2. The van der Waals surface area contributed by atoms with Gasteiger partial charge in [0.25, 0.3) is 5.69 Å². The molecular formula is C27H33F3N4O3S. The summed E-state index contributed by atoms with van der Waals surface area (Å²) < 4.78 is 45.9. The third kappa shape index (κ3) is 6.93. The molecule has 1 N–H and O–H groups in total. The third-order valence-electron chi connectivity index (χ3n) is 7.33. The van der Waals surface area contributed by atoms with Gasteiger partial charge in [-0.1, -0.05) is 37.3 Å². The summed E-state index contributed by atoms with van der Waals surface area (Å²) in [6, 6.07) is 11.5. The van der Waals surface area contributed by atoms with Gasteiger partial charge in [0.2, 0.25) is 0 Å². The van der Waals surface area contributed by atoms with Gasteiger partial charge in [-0.05, 0) is 55.9 Å². The number of nitrogens with one attached hydrogen (secondary N) is 1. The van der Waals surface area contributed by atoms with Gasteiger partial charge in [-0.25, -0.2) is 0 Å². The topological polar surface area (TPSA) is 70.9 Å². The maximum absolute atomic E-state index is 13.3.